The standard InChI is InChI=1S/C12H22O2/c1-10(13)4-2-3-5-11-6-8-12(14)9-7-11/h11-12,14H,2-9H2,1H3. The minimum atomic E-state index is -0.0385. The first-order chi connectivity index (χ1) is 6.68. The first kappa shape index (κ1) is 11.7. The smallest absolute Gasteiger partial charge is 0.129 e. The van der Waals surface area contributed by atoms with Crippen LogP contribution in [0.2, 0.25) is 0 Å². The molecule has 0 amide bonds. The van der Waals surface area contributed by atoms with Crippen LogP contribution in [0.4, 0.5) is 0 Å². The minimum Gasteiger partial charge on any atom is -0.393 e. The highest BCUT2D eigenvalue weighted by molar-refractivity contribution is 5.75. The topological polar surface area (TPSA) is 37.3 Å². The molecule has 1 N–H and O–H groups in total. The fraction of sp³-hybridized carbons (Fsp3) is 0.917. The van der Waals surface area contributed by atoms with Gasteiger partial charge in [-0.05, 0) is 44.9 Å². The van der Waals surface area contributed by atoms with Crippen LogP contribution in [0.25, 0.3) is 0 Å². The number of unbranched alkanes of at least 4 members (excludes halogenated alkanes) is 1. The number of carbonyl (C=O) groups is 1. The molecular weight excluding hydrogens is 176 g/mol. The second-order valence-electron chi connectivity index (χ2n) is 4.62. The first-order valence-electron chi connectivity index (χ1n) is 5.86. The van der Waals surface area contributed by atoms with Crippen LogP contribution in [0.15, 0.2) is 0 Å². The SMILES string of the molecule is CC(=O)CCCCC1CCC(O)CC1. The second-order valence-corrected chi connectivity index (χ2v) is 4.62. The van der Waals surface area contributed by atoms with Crippen LogP contribution in [0, 0.1) is 5.92 Å². The predicted octanol–water partition coefficient (Wildman–Crippen LogP) is 2.69. The van der Waals surface area contributed by atoms with E-state index in [0.29, 0.717) is 5.78 Å². The highest BCUT2D eigenvalue weighted by Gasteiger charge is 2.18. The lowest BCUT2D eigenvalue weighted by molar-refractivity contribution is -0.117. The number of rotatable bonds is 5. The summed E-state index contributed by atoms with van der Waals surface area (Å²) < 4.78 is 0. The molecule has 0 radical (unpaired) electrons. The highest BCUT2D eigenvalue weighted by Crippen LogP contribution is 2.28. The molecule has 0 aromatic rings. The number of ketones is 1. The molecular formula is C12H22O2. The molecule has 0 spiro atoms. The Bertz CT molecular complexity index is 169. The van der Waals surface area contributed by atoms with Crippen molar-refractivity contribution >= 4 is 5.78 Å². The summed E-state index contributed by atoms with van der Waals surface area (Å²) in [5.41, 5.74) is 0. The Labute approximate surface area is 86.7 Å². The van der Waals surface area contributed by atoms with Crippen molar-refractivity contribution in [2.75, 3.05) is 0 Å². The lowest BCUT2D eigenvalue weighted by Gasteiger charge is -2.25. The van der Waals surface area contributed by atoms with Gasteiger partial charge in [-0.1, -0.05) is 12.8 Å². The quantitative estimate of drug-likeness (QED) is 0.690. The maximum atomic E-state index is 10.7. The Morgan fingerprint density at radius 3 is 2.43 bits per heavy atom. The summed E-state index contributed by atoms with van der Waals surface area (Å²) in [5.74, 6) is 1.12. The van der Waals surface area contributed by atoms with Gasteiger partial charge in [-0.3, -0.25) is 0 Å². The van der Waals surface area contributed by atoms with Crippen molar-refractivity contribution in [1.82, 2.24) is 0 Å². The minimum absolute atomic E-state index is 0.0385. The van der Waals surface area contributed by atoms with E-state index in [-0.39, 0.29) is 6.10 Å². The van der Waals surface area contributed by atoms with Gasteiger partial charge in [0.05, 0.1) is 6.10 Å². The number of carbonyl (C=O) groups excluding carboxylic acids is 1. The molecule has 1 fully saturated rings. The summed E-state index contributed by atoms with van der Waals surface area (Å²) in [4.78, 5) is 10.7. The molecule has 0 aromatic carbocycles. The number of aliphatic hydroxyl groups excluding tert-OH is 1. The van der Waals surface area contributed by atoms with Gasteiger partial charge in [0.25, 0.3) is 0 Å². The molecule has 2 heteroatoms. The van der Waals surface area contributed by atoms with Gasteiger partial charge in [-0.25, -0.2) is 0 Å². The van der Waals surface area contributed by atoms with Crippen LogP contribution in [0.1, 0.15) is 58.3 Å². The molecule has 0 aromatic heterocycles. The summed E-state index contributed by atoms with van der Waals surface area (Å²) in [5, 5.41) is 9.33. The monoisotopic (exact) mass is 198 g/mol. The molecule has 1 aliphatic rings. The summed E-state index contributed by atoms with van der Waals surface area (Å²) in [6.07, 6.45) is 8.52. The van der Waals surface area contributed by atoms with Crippen LogP contribution >= 0.6 is 0 Å². The average molecular weight is 198 g/mol. The summed E-state index contributed by atoms with van der Waals surface area (Å²) in [6.45, 7) is 1.66. The molecule has 1 aliphatic carbocycles. The number of aliphatic hydroxyl groups is 1. The Kier molecular flexibility index (Phi) is 5.16. The van der Waals surface area contributed by atoms with Crippen molar-refractivity contribution in [1.29, 1.82) is 0 Å². The molecule has 0 aliphatic heterocycles. The molecule has 2 nitrogen and oxygen atoms in total. The Morgan fingerprint density at radius 2 is 1.86 bits per heavy atom. The molecule has 0 bridgehead atoms. The number of hydrogen-bond acceptors (Lipinski definition) is 2. The maximum absolute atomic E-state index is 10.7. The lowest BCUT2D eigenvalue weighted by Crippen LogP contribution is -2.18. The largest absolute Gasteiger partial charge is 0.393 e. The normalized spacial score (nSPS) is 27.6. The van der Waals surface area contributed by atoms with E-state index in [9.17, 15) is 9.90 Å². The Hall–Kier alpha value is -0.370. The summed E-state index contributed by atoms with van der Waals surface area (Å²) in [7, 11) is 0. The van der Waals surface area contributed by atoms with Gasteiger partial charge < -0.3 is 9.90 Å². The maximum Gasteiger partial charge on any atom is 0.129 e. The van der Waals surface area contributed by atoms with Gasteiger partial charge >= 0.3 is 0 Å². The molecule has 0 atom stereocenters. The molecule has 82 valence electrons. The fourth-order valence-electron chi connectivity index (χ4n) is 2.24. The van der Waals surface area contributed by atoms with Crippen molar-refractivity contribution in [2.24, 2.45) is 5.92 Å². The zero-order valence-corrected chi connectivity index (χ0v) is 9.17. The zero-order chi connectivity index (χ0) is 10.4. The molecule has 0 heterocycles. The van der Waals surface area contributed by atoms with Crippen LogP contribution < -0.4 is 0 Å². The van der Waals surface area contributed by atoms with Gasteiger partial charge in [0.15, 0.2) is 0 Å². The summed E-state index contributed by atoms with van der Waals surface area (Å²) >= 11 is 0. The fourth-order valence-corrected chi connectivity index (χ4v) is 2.24. The summed E-state index contributed by atoms with van der Waals surface area (Å²) in [6, 6.07) is 0. The van der Waals surface area contributed by atoms with Gasteiger partial charge in [0.1, 0.15) is 5.78 Å². The molecule has 0 unspecified atom stereocenters. The van der Waals surface area contributed by atoms with Crippen LogP contribution in [0.3, 0.4) is 0 Å². The third-order valence-electron chi connectivity index (χ3n) is 3.21. The van der Waals surface area contributed by atoms with E-state index in [1.165, 1.54) is 25.7 Å². The highest BCUT2D eigenvalue weighted by atomic mass is 16.3. The van der Waals surface area contributed by atoms with Gasteiger partial charge in [0, 0.05) is 6.42 Å². The third-order valence-corrected chi connectivity index (χ3v) is 3.21. The lowest BCUT2D eigenvalue weighted by atomic mass is 9.84. The van der Waals surface area contributed by atoms with Crippen molar-refractivity contribution in [3.05, 3.63) is 0 Å². The second kappa shape index (κ2) is 6.18. The molecule has 1 saturated carbocycles. The molecule has 1 rings (SSSR count). The number of hydrogen-bond donors (Lipinski definition) is 1. The number of Topliss-reactive ketones (excluding diaryl/α,β-unsaturated/α-hetero) is 1. The first-order valence-corrected chi connectivity index (χ1v) is 5.86. The van der Waals surface area contributed by atoms with Gasteiger partial charge in [-0.15, -0.1) is 0 Å². The van der Waals surface area contributed by atoms with E-state index in [1.807, 2.05) is 0 Å². The average Bonchev–Trinajstić information content (AvgIpc) is 2.15. The van der Waals surface area contributed by atoms with E-state index >= 15 is 0 Å². The van der Waals surface area contributed by atoms with E-state index < -0.39 is 0 Å². The van der Waals surface area contributed by atoms with E-state index in [0.717, 1.165) is 31.6 Å². The van der Waals surface area contributed by atoms with Gasteiger partial charge in [-0.2, -0.15) is 0 Å². The van der Waals surface area contributed by atoms with Crippen molar-refractivity contribution in [3.8, 4) is 0 Å². The Morgan fingerprint density at radius 1 is 1.21 bits per heavy atom. The van der Waals surface area contributed by atoms with Crippen LogP contribution in [-0.2, 0) is 4.79 Å². The molecule has 0 saturated heterocycles. The van der Waals surface area contributed by atoms with Crippen molar-refractivity contribution in [2.45, 2.75) is 64.4 Å². The van der Waals surface area contributed by atoms with Gasteiger partial charge in [0.2, 0.25) is 0 Å². The Balaban J connectivity index is 1.99. The van der Waals surface area contributed by atoms with Crippen LogP contribution in [-0.4, -0.2) is 17.0 Å². The van der Waals surface area contributed by atoms with E-state index in [1.54, 1.807) is 6.92 Å². The van der Waals surface area contributed by atoms with E-state index in [4.69, 9.17) is 0 Å². The van der Waals surface area contributed by atoms with Crippen LogP contribution in [0.5, 0.6) is 0 Å². The van der Waals surface area contributed by atoms with Crippen molar-refractivity contribution in [3.63, 3.8) is 0 Å². The van der Waals surface area contributed by atoms with E-state index in [2.05, 4.69) is 0 Å². The molecule has 14 heavy (non-hydrogen) atoms. The van der Waals surface area contributed by atoms with Crippen molar-refractivity contribution < 1.29 is 9.90 Å². The zero-order valence-electron chi connectivity index (χ0n) is 9.17. The predicted molar refractivity (Wildman–Crippen MR) is 57.1 cm³/mol. The third kappa shape index (κ3) is 4.75.